The van der Waals surface area contributed by atoms with Crippen LogP contribution in [0.4, 0.5) is 14.9 Å². The number of aryl methyl sites for hydroxylation is 1. The average Bonchev–Trinajstić information content (AvgIpc) is 2.69. The fourth-order valence-corrected chi connectivity index (χ4v) is 4.08. The Morgan fingerprint density at radius 1 is 1.29 bits per heavy atom. The summed E-state index contributed by atoms with van der Waals surface area (Å²) in [6.45, 7) is 8.56. The first-order valence-corrected chi connectivity index (χ1v) is 11.1. The number of rotatable bonds is 3. The highest BCUT2D eigenvalue weighted by Gasteiger charge is 2.31. The van der Waals surface area contributed by atoms with E-state index in [1.807, 2.05) is 4.90 Å². The van der Waals surface area contributed by atoms with Crippen molar-refractivity contribution in [1.29, 1.82) is 0 Å². The number of carbonyl (C=O) groups excluding carboxylic acids is 1. The van der Waals surface area contributed by atoms with Gasteiger partial charge in [0.1, 0.15) is 16.7 Å². The molecule has 31 heavy (non-hydrogen) atoms. The summed E-state index contributed by atoms with van der Waals surface area (Å²) >= 11 is 9.31. The van der Waals surface area contributed by atoms with Gasteiger partial charge in [-0.3, -0.25) is 0 Å². The van der Waals surface area contributed by atoms with Gasteiger partial charge in [-0.15, -0.1) is 0 Å². The lowest BCUT2D eigenvalue weighted by molar-refractivity contribution is 0.0240. The first-order chi connectivity index (χ1) is 14.4. The summed E-state index contributed by atoms with van der Waals surface area (Å²) in [4.78, 5) is 32.3. The maximum Gasteiger partial charge on any atom is 0.410 e. The number of ether oxygens (including phenoxy) is 1. The van der Waals surface area contributed by atoms with Crippen molar-refractivity contribution in [2.24, 2.45) is 0 Å². The van der Waals surface area contributed by atoms with Crippen LogP contribution in [0.1, 0.15) is 43.7 Å². The molecule has 1 aromatic carbocycles. The van der Waals surface area contributed by atoms with Gasteiger partial charge in [-0.1, -0.05) is 18.5 Å². The second-order valence-corrected chi connectivity index (χ2v) is 9.48. The molecular formula is C21H24BrClFN3O4. The van der Waals surface area contributed by atoms with Gasteiger partial charge < -0.3 is 19.6 Å². The largest absolute Gasteiger partial charge is 0.478 e. The van der Waals surface area contributed by atoms with Crippen LogP contribution in [0.2, 0.25) is 5.02 Å². The van der Waals surface area contributed by atoms with Gasteiger partial charge >= 0.3 is 12.1 Å². The van der Waals surface area contributed by atoms with E-state index in [0.29, 0.717) is 43.7 Å². The Hall–Kier alpha value is -2.13. The zero-order valence-corrected chi connectivity index (χ0v) is 20.1. The van der Waals surface area contributed by atoms with Crippen LogP contribution < -0.4 is 4.90 Å². The normalized spacial score (nSPS) is 14.8. The molecule has 1 aliphatic heterocycles. The van der Waals surface area contributed by atoms with E-state index in [1.54, 1.807) is 32.6 Å². The van der Waals surface area contributed by atoms with E-state index in [0.717, 1.165) is 0 Å². The molecule has 3 rings (SSSR count). The first-order valence-electron chi connectivity index (χ1n) is 9.90. The van der Waals surface area contributed by atoms with Crippen molar-refractivity contribution in [3.8, 4) is 0 Å². The number of amides is 1. The van der Waals surface area contributed by atoms with Crippen LogP contribution in [0.25, 0.3) is 10.9 Å². The van der Waals surface area contributed by atoms with E-state index in [1.165, 1.54) is 6.07 Å². The van der Waals surface area contributed by atoms with E-state index in [2.05, 4.69) is 20.9 Å². The maximum absolute atomic E-state index is 15.0. The molecule has 2 aromatic rings. The fraction of sp³-hybridized carbons (Fsp3) is 0.476. The summed E-state index contributed by atoms with van der Waals surface area (Å²) in [5, 5.41) is 10.4. The van der Waals surface area contributed by atoms with E-state index in [-0.39, 0.29) is 26.3 Å². The van der Waals surface area contributed by atoms with Gasteiger partial charge in [0.05, 0.1) is 20.9 Å². The summed E-state index contributed by atoms with van der Waals surface area (Å²) in [5.74, 6) is -1.78. The number of halogens is 3. The number of piperazine rings is 1. The summed E-state index contributed by atoms with van der Waals surface area (Å²) in [5.41, 5.74) is 0.134. The SMILES string of the molecule is CCc1nc2c(F)c(Br)c(Cl)cc2c(N2CCN(C(=O)OC(C)(C)C)CC2)c1C(=O)O. The Morgan fingerprint density at radius 2 is 1.90 bits per heavy atom. The molecule has 10 heteroatoms. The molecule has 0 spiro atoms. The van der Waals surface area contributed by atoms with Gasteiger partial charge in [-0.25, -0.2) is 19.0 Å². The predicted molar refractivity (Wildman–Crippen MR) is 121 cm³/mol. The zero-order chi connectivity index (χ0) is 23.1. The van der Waals surface area contributed by atoms with Gasteiger partial charge in [-0.05, 0) is 49.2 Å². The number of fused-ring (bicyclic) bond motifs is 1. The van der Waals surface area contributed by atoms with Crippen molar-refractivity contribution in [3.05, 3.63) is 32.6 Å². The van der Waals surface area contributed by atoms with Gasteiger partial charge in [0.15, 0.2) is 5.82 Å². The second kappa shape index (κ2) is 8.78. The Morgan fingerprint density at radius 3 is 2.42 bits per heavy atom. The average molecular weight is 517 g/mol. The third kappa shape index (κ3) is 4.72. The third-order valence-corrected chi connectivity index (χ3v) is 6.26. The number of aromatic carboxylic acids is 1. The molecule has 168 valence electrons. The molecule has 0 atom stereocenters. The Bertz CT molecular complexity index is 1050. The predicted octanol–water partition coefficient (Wildman–Crippen LogP) is 5.11. The molecule has 1 N–H and O–H groups in total. The maximum atomic E-state index is 15.0. The topological polar surface area (TPSA) is 83.0 Å². The Kier molecular flexibility index (Phi) is 6.67. The van der Waals surface area contributed by atoms with Crippen LogP contribution in [-0.2, 0) is 11.2 Å². The van der Waals surface area contributed by atoms with Crippen molar-refractivity contribution in [2.75, 3.05) is 31.1 Å². The van der Waals surface area contributed by atoms with Crippen LogP contribution >= 0.6 is 27.5 Å². The van der Waals surface area contributed by atoms with Crippen LogP contribution in [0, 0.1) is 5.82 Å². The van der Waals surface area contributed by atoms with E-state index in [4.69, 9.17) is 16.3 Å². The number of benzene rings is 1. The first kappa shape index (κ1) is 23.5. The van der Waals surface area contributed by atoms with Crippen LogP contribution in [0.15, 0.2) is 10.5 Å². The van der Waals surface area contributed by atoms with Crippen molar-refractivity contribution in [3.63, 3.8) is 0 Å². The number of pyridine rings is 1. The minimum atomic E-state index is -1.14. The summed E-state index contributed by atoms with van der Waals surface area (Å²) in [7, 11) is 0. The standard InChI is InChI=1S/C21H24BrClFN3O4/c1-5-13-14(19(28)29)18(11-10-12(23)15(22)16(24)17(11)25-13)26-6-8-27(9-7-26)20(30)31-21(2,3)4/h10H,5-9H2,1-4H3,(H,28,29). The van der Waals surface area contributed by atoms with Crippen LogP contribution in [0.5, 0.6) is 0 Å². The minimum absolute atomic E-state index is 0.0264. The molecule has 0 radical (unpaired) electrons. The number of nitrogens with zero attached hydrogens (tertiary/aromatic N) is 3. The molecule has 1 aromatic heterocycles. The molecular weight excluding hydrogens is 493 g/mol. The van der Waals surface area contributed by atoms with Gasteiger partial charge in [0.25, 0.3) is 0 Å². The summed E-state index contributed by atoms with van der Waals surface area (Å²) < 4.78 is 20.5. The fourth-order valence-electron chi connectivity index (χ4n) is 3.59. The second-order valence-electron chi connectivity index (χ2n) is 8.28. The molecule has 0 saturated carbocycles. The Balaban J connectivity index is 2.06. The number of anilines is 1. The molecule has 2 heterocycles. The van der Waals surface area contributed by atoms with Gasteiger partial charge in [0.2, 0.25) is 0 Å². The van der Waals surface area contributed by atoms with E-state index in [9.17, 15) is 19.1 Å². The highest BCUT2D eigenvalue weighted by atomic mass is 79.9. The third-order valence-electron chi connectivity index (χ3n) is 4.96. The molecule has 0 bridgehead atoms. The van der Waals surface area contributed by atoms with E-state index >= 15 is 0 Å². The van der Waals surface area contributed by atoms with E-state index < -0.39 is 23.5 Å². The van der Waals surface area contributed by atoms with Crippen molar-refractivity contribution >= 4 is 56.2 Å². The summed E-state index contributed by atoms with van der Waals surface area (Å²) in [6.07, 6.45) is -0.0975. The molecule has 1 amide bonds. The van der Waals surface area contributed by atoms with Crippen molar-refractivity contribution < 1.29 is 23.8 Å². The van der Waals surface area contributed by atoms with Crippen LogP contribution in [0.3, 0.4) is 0 Å². The molecule has 1 fully saturated rings. The molecule has 1 saturated heterocycles. The molecule has 7 nitrogen and oxygen atoms in total. The number of carboxylic acid groups (broad SMARTS) is 1. The van der Waals surface area contributed by atoms with Crippen molar-refractivity contribution in [1.82, 2.24) is 9.88 Å². The van der Waals surface area contributed by atoms with Gasteiger partial charge in [0, 0.05) is 31.6 Å². The van der Waals surface area contributed by atoms with Crippen LogP contribution in [-0.4, -0.2) is 58.8 Å². The number of aromatic nitrogens is 1. The zero-order valence-electron chi connectivity index (χ0n) is 17.8. The molecule has 0 aliphatic carbocycles. The summed E-state index contributed by atoms with van der Waals surface area (Å²) in [6, 6.07) is 1.53. The number of carboxylic acids is 1. The number of carbonyl (C=O) groups is 2. The smallest absolute Gasteiger partial charge is 0.410 e. The lowest BCUT2D eigenvalue weighted by Gasteiger charge is -2.38. The lowest BCUT2D eigenvalue weighted by atomic mass is 10.0. The monoisotopic (exact) mass is 515 g/mol. The van der Waals surface area contributed by atoms with Gasteiger partial charge in [-0.2, -0.15) is 0 Å². The minimum Gasteiger partial charge on any atom is -0.478 e. The molecule has 0 unspecified atom stereocenters. The highest BCUT2D eigenvalue weighted by Crippen LogP contribution is 2.39. The molecule has 1 aliphatic rings. The Labute approximate surface area is 193 Å². The quantitative estimate of drug-likeness (QED) is 0.571. The lowest BCUT2D eigenvalue weighted by Crippen LogP contribution is -2.50. The number of hydrogen-bond acceptors (Lipinski definition) is 5. The number of hydrogen-bond donors (Lipinski definition) is 1. The highest BCUT2D eigenvalue weighted by molar-refractivity contribution is 9.10. The van der Waals surface area contributed by atoms with Crippen molar-refractivity contribution in [2.45, 2.75) is 39.7 Å².